The van der Waals surface area contributed by atoms with Gasteiger partial charge < -0.3 is 14.2 Å². The SMILES string of the molecule is CCCC(C)N1CCN(C(C)CCC(=O)OC)CCN(C(CCC(=O)OC)C(=O)OC)Cc2cccc(n2)C1. The number of nitrogens with zero attached hydrogens (tertiary/aromatic N) is 4. The first-order chi connectivity index (χ1) is 18.7. The number of rotatable bonds is 12. The molecule has 220 valence electrons. The molecule has 0 amide bonds. The molecule has 0 aromatic carbocycles. The molecule has 0 N–H and O–H groups in total. The zero-order valence-electron chi connectivity index (χ0n) is 24.7. The van der Waals surface area contributed by atoms with E-state index in [4.69, 9.17) is 19.2 Å². The van der Waals surface area contributed by atoms with E-state index in [0.717, 1.165) is 43.9 Å². The van der Waals surface area contributed by atoms with Gasteiger partial charge >= 0.3 is 17.9 Å². The Morgan fingerprint density at radius 1 is 0.769 bits per heavy atom. The number of hydrogen-bond donors (Lipinski definition) is 0. The molecule has 0 saturated heterocycles. The minimum Gasteiger partial charge on any atom is -0.469 e. The van der Waals surface area contributed by atoms with E-state index in [9.17, 15) is 14.4 Å². The van der Waals surface area contributed by atoms with Crippen molar-refractivity contribution in [2.24, 2.45) is 0 Å². The van der Waals surface area contributed by atoms with Crippen molar-refractivity contribution in [1.82, 2.24) is 19.7 Å². The van der Waals surface area contributed by atoms with Crippen LogP contribution in [0, 0.1) is 0 Å². The smallest absolute Gasteiger partial charge is 0.323 e. The lowest BCUT2D eigenvalue weighted by Crippen LogP contribution is -2.49. The number of methoxy groups -OCH3 is 3. The zero-order chi connectivity index (χ0) is 28.8. The minimum atomic E-state index is -0.615. The van der Waals surface area contributed by atoms with E-state index >= 15 is 0 Å². The van der Waals surface area contributed by atoms with Gasteiger partial charge in [0.15, 0.2) is 0 Å². The molecular formula is C29H48N4O6. The monoisotopic (exact) mass is 548 g/mol. The Bertz CT molecular complexity index is 914. The lowest BCUT2D eigenvalue weighted by molar-refractivity contribution is -0.149. The van der Waals surface area contributed by atoms with Gasteiger partial charge in [0.2, 0.25) is 0 Å². The molecule has 0 saturated carbocycles. The molecule has 10 heteroatoms. The van der Waals surface area contributed by atoms with Gasteiger partial charge in [-0.3, -0.25) is 34.1 Å². The number of hydrogen-bond acceptors (Lipinski definition) is 10. The van der Waals surface area contributed by atoms with Gasteiger partial charge in [-0.1, -0.05) is 19.4 Å². The van der Waals surface area contributed by atoms with Gasteiger partial charge in [0.05, 0.1) is 32.7 Å². The van der Waals surface area contributed by atoms with Crippen molar-refractivity contribution in [3.05, 3.63) is 29.6 Å². The van der Waals surface area contributed by atoms with Gasteiger partial charge in [-0.2, -0.15) is 0 Å². The summed E-state index contributed by atoms with van der Waals surface area (Å²) in [6.07, 6.45) is 3.65. The van der Waals surface area contributed by atoms with E-state index in [2.05, 4.69) is 41.5 Å². The number of esters is 3. The molecule has 3 unspecified atom stereocenters. The molecule has 10 nitrogen and oxygen atoms in total. The van der Waals surface area contributed by atoms with Crippen LogP contribution in [0.15, 0.2) is 18.2 Å². The average molecular weight is 549 g/mol. The molecule has 2 rings (SSSR count). The van der Waals surface area contributed by atoms with E-state index in [1.54, 1.807) is 0 Å². The largest absolute Gasteiger partial charge is 0.469 e. The van der Waals surface area contributed by atoms with Crippen LogP contribution < -0.4 is 0 Å². The lowest BCUT2D eigenvalue weighted by Gasteiger charge is -2.37. The summed E-state index contributed by atoms with van der Waals surface area (Å²) in [4.78, 5) is 48.6. The van der Waals surface area contributed by atoms with E-state index < -0.39 is 6.04 Å². The van der Waals surface area contributed by atoms with E-state index in [1.165, 1.54) is 21.3 Å². The standard InChI is InChI=1S/C29H48N4O6/c1-7-9-22(2)32-18-16-31(23(3)12-14-27(34)37-4)17-19-33(21-25-11-8-10-24(20-32)30-25)26(29(36)39-6)13-15-28(35)38-5/h8,10-11,22-23,26H,7,9,12-21H2,1-6H3. The van der Waals surface area contributed by atoms with E-state index in [-0.39, 0.29) is 30.4 Å². The number of aromatic nitrogens is 1. The number of pyridine rings is 1. The molecule has 3 atom stereocenters. The van der Waals surface area contributed by atoms with Crippen LogP contribution in [-0.2, 0) is 41.7 Å². The van der Waals surface area contributed by atoms with Crippen molar-refractivity contribution in [2.75, 3.05) is 47.5 Å². The van der Waals surface area contributed by atoms with E-state index in [1.807, 2.05) is 12.1 Å². The molecular weight excluding hydrogens is 500 g/mol. The first kappa shape index (κ1) is 32.7. The summed E-state index contributed by atoms with van der Waals surface area (Å²) in [6.45, 7) is 10.7. The van der Waals surface area contributed by atoms with Crippen molar-refractivity contribution >= 4 is 17.9 Å². The molecule has 0 spiro atoms. The Morgan fingerprint density at radius 3 is 1.85 bits per heavy atom. The maximum absolute atomic E-state index is 12.9. The first-order valence-corrected chi connectivity index (χ1v) is 14.1. The lowest BCUT2D eigenvalue weighted by atomic mass is 10.1. The summed E-state index contributed by atoms with van der Waals surface area (Å²) in [6, 6.07) is 5.99. The van der Waals surface area contributed by atoms with Crippen molar-refractivity contribution < 1.29 is 28.6 Å². The quantitative estimate of drug-likeness (QED) is 0.286. The van der Waals surface area contributed by atoms with Crippen LogP contribution >= 0.6 is 0 Å². The van der Waals surface area contributed by atoms with Crippen LogP contribution in [0.3, 0.4) is 0 Å². The summed E-state index contributed by atoms with van der Waals surface area (Å²) in [5.74, 6) is -0.959. The van der Waals surface area contributed by atoms with Crippen molar-refractivity contribution in [3.63, 3.8) is 0 Å². The Kier molecular flexibility index (Phi) is 14.4. The average Bonchev–Trinajstić information content (AvgIpc) is 2.93. The van der Waals surface area contributed by atoms with Crippen LogP contribution in [0.5, 0.6) is 0 Å². The minimum absolute atomic E-state index is 0.115. The molecule has 1 aliphatic heterocycles. The fourth-order valence-electron chi connectivity index (χ4n) is 5.14. The first-order valence-electron chi connectivity index (χ1n) is 14.1. The van der Waals surface area contributed by atoms with Crippen LogP contribution in [0.25, 0.3) is 0 Å². The second-order valence-corrected chi connectivity index (χ2v) is 10.4. The molecule has 0 radical (unpaired) electrons. The summed E-state index contributed by atoms with van der Waals surface area (Å²) in [5.41, 5.74) is 1.86. The highest BCUT2D eigenvalue weighted by Crippen LogP contribution is 2.19. The predicted octanol–water partition coefficient (Wildman–Crippen LogP) is 3.03. The number of ether oxygens (including phenoxy) is 3. The van der Waals surface area contributed by atoms with Crippen LogP contribution in [-0.4, -0.2) is 103 Å². The van der Waals surface area contributed by atoms with E-state index in [0.29, 0.717) is 44.9 Å². The third-order valence-electron chi connectivity index (χ3n) is 7.65. The number of carbonyl (C=O) groups is 3. The summed E-state index contributed by atoms with van der Waals surface area (Å²) in [5, 5.41) is 0. The number of fused-ring (bicyclic) bond motifs is 2. The Labute approximate surface area is 234 Å². The highest BCUT2D eigenvalue weighted by atomic mass is 16.5. The second-order valence-electron chi connectivity index (χ2n) is 10.4. The molecule has 1 aromatic heterocycles. The highest BCUT2D eigenvalue weighted by molar-refractivity contribution is 5.77. The summed E-state index contributed by atoms with van der Waals surface area (Å²) >= 11 is 0. The molecule has 2 heterocycles. The maximum Gasteiger partial charge on any atom is 0.323 e. The van der Waals surface area contributed by atoms with Gasteiger partial charge in [-0.25, -0.2) is 0 Å². The second kappa shape index (κ2) is 17.2. The molecule has 2 bridgehead atoms. The Hall–Kier alpha value is -2.56. The van der Waals surface area contributed by atoms with Gasteiger partial charge in [-0.15, -0.1) is 0 Å². The van der Waals surface area contributed by atoms with Gasteiger partial charge in [0.25, 0.3) is 0 Å². The predicted molar refractivity (Wildman–Crippen MR) is 149 cm³/mol. The normalized spacial score (nSPS) is 18.2. The Morgan fingerprint density at radius 2 is 1.28 bits per heavy atom. The Balaban J connectivity index is 2.40. The number of carbonyl (C=O) groups excluding carboxylic acids is 3. The van der Waals surface area contributed by atoms with Gasteiger partial charge in [-0.05, 0) is 45.2 Å². The van der Waals surface area contributed by atoms with Gasteiger partial charge in [0.1, 0.15) is 6.04 Å². The van der Waals surface area contributed by atoms with Crippen molar-refractivity contribution in [3.8, 4) is 0 Å². The van der Waals surface area contributed by atoms with Crippen molar-refractivity contribution in [1.29, 1.82) is 0 Å². The molecule has 1 aliphatic rings. The molecule has 0 aliphatic carbocycles. The van der Waals surface area contributed by atoms with Crippen molar-refractivity contribution in [2.45, 2.75) is 90.5 Å². The molecule has 39 heavy (non-hydrogen) atoms. The summed E-state index contributed by atoms with van der Waals surface area (Å²) in [7, 11) is 4.13. The van der Waals surface area contributed by atoms with Gasteiger partial charge in [0, 0.05) is 64.2 Å². The fraction of sp³-hybridized carbons (Fsp3) is 0.724. The topological polar surface area (TPSA) is 102 Å². The van der Waals surface area contributed by atoms with Crippen LogP contribution in [0.4, 0.5) is 0 Å². The third kappa shape index (κ3) is 10.8. The van der Waals surface area contributed by atoms with Crippen LogP contribution in [0.1, 0.15) is 70.7 Å². The summed E-state index contributed by atoms with van der Waals surface area (Å²) < 4.78 is 14.8. The zero-order valence-corrected chi connectivity index (χ0v) is 24.7. The fourth-order valence-corrected chi connectivity index (χ4v) is 5.14. The van der Waals surface area contributed by atoms with Crippen LogP contribution in [0.2, 0.25) is 0 Å². The molecule has 1 aromatic rings. The molecule has 0 fully saturated rings. The maximum atomic E-state index is 12.9. The third-order valence-corrected chi connectivity index (χ3v) is 7.65. The highest BCUT2D eigenvalue weighted by Gasteiger charge is 2.30.